The molecule has 1 aliphatic heterocycles. The van der Waals surface area contributed by atoms with Crippen molar-refractivity contribution in [3.8, 4) is 0 Å². The maximum atomic E-state index is 4.52. The van der Waals surface area contributed by atoms with Crippen molar-refractivity contribution >= 4 is 5.71 Å². The molecule has 1 nitrogen and oxygen atoms in total. The molecule has 0 saturated heterocycles. The summed E-state index contributed by atoms with van der Waals surface area (Å²) in [5.74, 6) is 0.459. The van der Waals surface area contributed by atoms with Crippen LogP contribution in [0.15, 0.2) is 41.1 Å². The molecule has 1 aliphatic carbocycles. The molecule has 2 rings (SSSR count). The minimum Gasteiger partial charge on any atom is -0.260 e. The third-order valence-electron chi connectivity index (χ3n) is 3.67. The van der Waals surface area contributed by atoms with Crippen molar-refractivity contribution in [1.82, 2.24) is 0 Å². The molecule has 1 unspecified atom stereocenters. The zero-order valence-corrected chi connectivity index (χ0v) is 11.2. The predicted molar refractivity (Wildman–Crippen MR) is 75.2 cm³/mol. The second-order valence-electron chi connectivity index (χ2n) is 5.92. The fourth-order valence-corrected chi connectivity index (χ4v) is 2.66. The van der Waals surface area contributed by atoms with Gasteiger partial charge >= 0.3 is 0 Å². The van der Waals surface area contributed by atoms with Gasteiger partial charge in [0.15, 0.2) is 0 Å². The number of rotatable bonds is 5. The molecule has 92 valence electrons. The second-order valence-corrected chi connectivity index (χ2v) is 5.92. The predicted octanol–water partition coefficient (Wildman–Crippen LogP) is 4.67. The Bertz CT molecular complexity index is 394. The van der Waals surface area contributed by atoms with E-state index in [2.05, 4.69) is 56.3 Å². The van der Waals surface area contributed by atoms with Crippen molar-refractivity contribution in [2.24, 2.45) is 16.3 Å². The van der Waals surface area contributed by atoms with Gasteiger partial charge in [0.05, 0.1) is 5.71 Å². The quantitative estimate of drug-likeness (QED) is 0.649. The van der Waals surface area contributed by atoms with Crippen molar-refractivity contribution in [3.63, 3.8) is 0 Å². The number of allylic oxidation sites excluding steroid dienone is 5. The Kier molecular flexibility index (Phi) is 3.66. The van der Waals surface area contributed by atoms with Crippen LogP contribution in [-0.4, -0.2) is 5.71 Å². The maximum absolute atomic E-state index is 4.52. The molecule has 0 amide bonds. The largest absolute Gasteiger partial charge is 0.260 e. The number of fused-ring (bicyclic) bond motifs is 1. The van der Waals surface area contributed by atoms with Gasteiger partial charge < -0.3 is 0 Å². The van der Waals surface area contributed by atoms with E-state index in [-0.39, 0.29) is 0 Å². The lowest BCUT2D eigenvalue weighted by Crippen LogP contribution is -2.18. The first-order valence-electron chi connectivity index (χ1n) is 6.74. The summed E-state index contributed by atoms with van der Waals surface area (Å²) in [5, 5.41) is 0. The van der Waals surface area contributed by atoms with E-state index >= 15 is 0 Å². The topological polar surface area (TPSA) is 12.4 Å². The number of hydrogen-bond acceptors (Lipinski definition) is 1. The van der Waals surface area contributed by atoms with Crippen LogP contribution >= 0.6 is 0 Å². The summed E-state index contributed by atoms with van der Waals surface area (Å²) in [5.41, 5.74) is 3.11. The van der Waals surface area contributed by atoms with E-state index in [0.29, 0.717) is 11.3 Å². The monoisotopic (exact) mass is 229 g/mol. The van der Waals surface area contributed by atoms with Crippen molar-refractivity contribution in [2.75, 3.05) is 0 Å². The Balaban J connectivity index is 1.97. The Hall–Kier alpha value is -1.11. The van der Waals surface area contributed by atoms with E-state index in [0.717, 1.165) is 0 Å². The van der Waals surface area contributed by atoms with E-state index < -0.39 is 0 Å². The van der Waals surface area contributed by atoms with Gasteiger partial charge in [-0.3, -0.25) is 4.99 Å². The van der Waals surface area contributed by atoms with Crippen LogP contribution in [0.1, 0.15) is 46.5 Å². The average molecular weight is 229 g/mol. The van der Waals surface area contributed by atoms with E-state index in [4.69, 9.17) is 0 Å². The highest BCUT2D eigenvalue weighted by Crippen LogP contribution is 2.37. The molecule has 0 bridgehead atoms. The fourth-order valence-electron chi connectivity index (χ4n) is 2.66. The van der Waals surface area contributed by atoms with Crippen LogP contribution in [0.2, 0.25) is 0 Å². The van der Waals surface area contributed by atoms with E-state index in [1.807, 2.05) is 0 Å². The van der Waals surface area contributed by atoms with Crippen LogP contribution in [0.25, 0.3) is 0 Å². The number of hydrogen-bond donors (Lipinski definition) is 0. The van der Waals surface area contributed by atoms with Crippen molar-refractivity contribution in [2.45, 2.75) is 46.5 Å². The van der Waals surface area contributed by atoms with Crippen LogP contribution in [0.3, 0.4) is 0 Å². The molecule has 1 atom stereocenters. The summed E-state index contributed by atoms with van der Waals surface area (Å²) in [6.07, 6.45) is 15.8. The van der Waals surface area contributed by atoms with E-state index in [9.17, 15) is 0 Å². The molecule has 17 heavy (non-hydrogen) atoms. The molecular formula is C16H23N. The molecule has 0 radical (unpaired) electrons. The van der Waals surface area contributed by atoms with Gasteiger partial charge in [0, 0.05) is 12.1 Å². The Morgan fingerprint density at radius 1 is 1.29 bits per heavy atom. The number of aliphatic imine (C=N–C) groups is 1. The van der Waals surface area contributed by atoms with Gasteiger partial charge in [-0.2, -0.15) is 0 Å². The molecule has 0 spiro atoms. The average Bonchev–Trinajstić information content (AvgIpc) is 2.70. The summed E-state index contributed by atoms with van der Waals surface area (Å²) in [6, 6.07) is 0. The molecule has 0 N–H and O–H groups in total. The molecule has 0 saturated carbocycles. The first-order valence-corrected chi connectivity index (χ1v) is 6.74. The number of nitrogens with zero attached hydrogens (tertiary/aromatic N) is 1. The van der Waals surface area contributed by atoms with Gasteiger partial charge in [-0.25, -0.2) is 0 Å². The van der Waals surface area contributed by atoms with Crippen molar-refractivity contribution in [1.29, 1.82) is 0 Å². The third-order valence-corrected chi connectivity index (χ3v) is 3.67. The molecular weight excluding hydrogens is 206 g/mol. The van der Waals surface area contributed by atoms with Gasteiger partial charge in [0.2, 0.25) is 0 Å². The minimum atomic E-state index is 0.405. The lowest BCUT2D eigenvalue weighted by Gasteiger charge is -2.27. The SMILES string of the molecule is CCCCC(C)(C)CC1=CN=C2C=CC=CC12. The Labute approximate surface area is 105 Å². The summed E-state index contributed by atoms with van der Waals surface area (Å²) in [4.78, 5) is 4.52. The Morgan fingerprint density at radius 3 is 2.88 bits per heavy atom. The number of unbranched alkanes of at least 4 members (excludes halogenated alkanes) is 1. The van der Waals surface area contributed by atoms with Crippen LogP contribution in [-0.2, 0) is 0 Å². The normalized spacial score (nSPS) is 22.4. The van der Waals surface area contributed by atoms with Gasteiger partial charge in [-0.15, -0.1) is 0 Å². The van der Waals surface area contributed by atoms with Crippen LogP contribution in [0, 0.1) is 11.3 Å². The molecule has 0 fully saturated rings. The second kappa shape index (κ2) is 5.03. The zero-order chi connectivity index (χ0) is 12.3. The standard InChI is InChI=1S/C16H23N/c1-4-5-10-16(2,3)11-13-12-17-15-9-7-6-8-14(13)15/h6-9,12,14H,4-5,10-11H2,1-3H3. The highest BCUT2D eigenvalue weighted by Gasteiger charge is 2.27. The molecule has 0 aromatic carbocycles. The summed E-state index contributed by atoms with van der Waals surface area (Å²) in [7, 11) is 0. The summed E-state index contributed by atoms with van der Waals surface area (Å²) >= 11 is 0. The van der Waals surface area contributed by atoms with Gasteiger partial charge in [-0.1, -0.05) is 51.8 Å². The molecule has 2 aliphatic rings. The molecule has 1 heterocycles. The lowest BCUT2D eigenvalue weighted by molar-refractivity contribution is 0.317. The highest BCUT2D eigenvalue weighted by atomic mass is 14.8. The third kappa shape index (κ3) is 2.96. The van der Waals surface area contributed by atoms with Crippen LogP contribution in [0.5, 0.6) is 0 Å². The first-order chi connectivity index (χ1) is 8.12. The summed E-state index contributed by atoms with van der Waals surface area (Å²) in [6.45, 7) is 7.02. The molecule has 0 aromatic heterocycles. The van der Waals surface area contributed by atoms with Crippen molar-refractivity contribution < 1.29 is 0 Å². The van der Waals surface area contributed by atoms with Gasteiger partial charge in [0.1, 0.15) is 0 Å². The first kappa shape index (κ1) is 12.3. The highest BCUT2D eigenvalue weighted by molar-refractivity contribution is 6.03. The molecule has 0 aromatic rings. The maximum Gasteiger partial charge on any atom is 0.0513 e. The Morgan fingerprint density at radius 2 is 2.12 bits per heavy atom. The van der Waals surface area contributed by atoms with Gasteiger partial charge in [-0.05, 0) is 29.9 Å². The van der Waals surface area contributed by atoms with E-state index in [1.165, 1.54) is 37.0 Å². The van der Waals surface area contributed by atoms with Gasteiger partial charge in [0.25, 0.3) is 0 Å². The fraction of sp³-hybridized carbons (Fsp3) is 0.562. The zero-order valence-electron chi connectivity index (χ0n) is 11.2. The lowest BCUT2D eigenvalue weighted by atomic mass is 9.77. The minimum absolute atomic E-state index is 0.405. The van der Waals surface area contributed by atoms with Crippen molar-refractivity contribution in [3.05, 3.63) is 36.1 Å². The van der Waals surface area contributed by atoms with E-state index in [1.54, 1.807) is 0 Å². The van der Waals surface area contributed by atoms with Crippen LogP contribution in [0.4, 0.5) is 0 Å². The van der Waals surface area contributed by atoms with Crippen LogP contribution < -0.4 is 0 Å². The molecule has 1 heteroatoms. The summed E-state index contributed by atoms with van der Waals surface area (Å²) < 4.78 is 0. The smallest absolute Gasteiger partial charge is 0.0513 e.